The fourth-order valence-electron chi connectivity index (χ4n) is 1.59. The van der Waals surface area contributed by atoms with Crippen LogP contribution >= 0.6 is 11.3 Å². The SMILES string of the molecule is Cc1sc2ncc(C(=O)NOC(C)(C)C)c(=O)n2c1C. The average molecular weight is 295 g/mol. The Morgan fingerprint density at radius 2 is 2.05 bits per heavy atom. The monoisotopic (exact) mass is 295 g/mol. The van der Waals surface area contributed by atoms with Crippen molar-refractivity contribution in [2.75, 3.05) is 0 Å². The zero-order chi connectivity index (χ0) is 15.1. The van der Waals surface area contributed by atoms with Crippen molar-refractivity contribution in [2.45, 2.75) is 40.2 Å². The van der Waals surface area contributed by atoms with Crippen molar-refractivity contribution in [1.29, 1.82) is 0 Å². The number of hydrogen-bond donors (Lipinski definition) is 1. The summed E-state index contributed by atoms with van der Waals surface area (Å²) in [5.41, 5.74) is 2.14. The Bertz CT molecular complexity index is 725. The van der Waals surface area contributed by atoms with Crippen LogP contribution in [0.1, 0.15) is 41.7 Å². The molecule has 0 fully saturated rings. The number of aromatic nitrogens is 2. The molecule has 0 saturated heterocycles. The lowest BCUT2D eigenvalue weighted by molar-refractivity contribution is -0.0590. The third-order valence-corrected chi connectivity index (χ3v) is 3.78. The minimum Gasteiger partial charge on any atom is -0.268 e. The van der Waals surface area contributed by atoms with Gasteiger partial charge in [-0.2, -0.15) is 0 Å². The van der Waals surface area contributed by atoms with E-state index in [4.69, 9.17) is 4.84 Å². The first-order valence-corrected chi connectivity index (χ1v) is 6.98. The number of carbonyl (C=O) groups excluding carboxylic acids is 1. The second kappa shape index (κ2) is 4.99. The molecule has 1 amide bonds. The first-order chi connectivity index (χ1) is 9.20. The molecule has 0 aliphatic heterocycles. The van der Waals surface area contributed by atoms with Gasteiger partial charge < -0.3 is 0 Å². The smallest absolute Gasteiger partial charge is 0.268 e. The molecular formula is C13H17N3O3S. The molecule has 7 heteroatoms. The summed E-state index contributed by atoms with van der Waals surface area (Å²) in [6.45, 7) is 9.14. The van der Waals surface area contributed by atoms with Crippen molar-refractivity contribution in [3.8, 4) is 0 Å². The molecule has 2 aromatic rings. The maximum Gasteiger partial charge on any atom is 0.282 e. The van der Waals surface area contributed by atoms with Gasteiger partial charge >= 0.3 is 0 Å². The van der Waals surface area contributed by atoms with Crippen LogP contribution in [0.5, 0.6) is 0 Å². The quantitative estimate of drug-likeness (QED) is 0.858. The van der Waals surface area contributed by atoms with E-state index in [0.29, 0.717) is 4.96 Å². The zero-order valence-electron chi connectivity index (χ0n) is 12.1. The Kier molecular flexibility index (Phi) is 3.66. The number of carbonyl (C=O) groups is 1. The van der Waals surface area contributed by atoms with E-state index < -0.39 is 11.5 Å². The third kappa shape index (κ3) is 2.73. The topological polar surface area (TPSA) is 72.7 Å². The van der Waals surface area contributed by atoms with Crippen LogP contribution in [0.4, 0.5) is 0 Å². The van der Waals surface area contributed by atoms with Crippen molar-refractivity contribution in [3.63, 3.8) is 0 Å². The molecule has 0 unspecified atom stereocenters. The van der Waals surface area contributed by atoms with Gasteiger partial charge in [-0.05, 0) is 34.6 Å². The molecule has 2 heterocycles. The van der Waals surface area contributed by atoms with E-state index in [1.165, 1.54) is 21.9 Å². The standard InChI is InChI=1S/C13H17N3O3S/c1-7-8(2)20-12-14-6-9(11(18)16(7)12)10(17)15-19-13(3,4)5/h6H,1-5H3,(H,15,17). The second-order valence-corrected chi connectivity index (χ2v) is 6.67. The molecule has 0 bridgehead atoms. The summed E-state index contributed by atoms with van der Waals surface area (Å²) in [5.74, 6) is -0.588. The van der Waals surface area contributed by atoms with Gasteiger partial charge in [0.05, 0.1) is 5.60 Å². The van der Waals surface area contributed by atoms with Gasteiger partial charge in [0.2, 0.25) is 0 Å². The van der Waals surface area contributed by atoms with Crippen molar-refractivity contribution < 1.29 is 9.63 Å². The van der Waals surface area contributed by atoms with E-state index in [1.807, 2.05) is 13.8 Å². The average Bonchev–Trinajstić information content (AvgIpc) is 2.62. The van der Waals surface area contributed by atoms with Crippen molar-refractivity contribution in [1.82, 2.24) is 14.9 Å². The van der Waals surface area contributed by atoms with E-state index in [0.717, 1.165) is 10.6 Å². The van der Waals surface area contributed by atoms with Gasteiger partial charge in [0, 0.05) is 16.8 Å². The van der Waals surface area contributed by atoms with Crippen LogP contribution in [0.3, 0.4) is 0 Å². The summed E-state index contributed by atoms with van der Waals surface area (Å²) >= 11 is 1.42. The lowest BCUT2D eigenvalue weighted by atomic mass is 10.2. The number of hydroxylamine groups is 1. The molecule has 0 aliphatic carbocycles. The van der Waals surface area contributed by atoms with Crippen molar-refractivity contribution in [2.24, 2.45) is 0 Å². The minimum atomic E-state index is -0.588. The van der Waals surface area contributed by atoms with Gasteiger partial charge in [-0.15, -0.1) is 11.3 Å². The van der Waals surface area contributed by atoms with Crippen molar-refractivity contribution >= 4 is 22.2 Å². The molecule has 0 radical (unpaired) electrons. The zero-order valence-corrected chi connectivity index (χ0v) is 12.9. The Morgan fingerprint density at radius 1 is 1.40 bits per heavy atom. The highest BCUT2D eigenvalue weighted by Crippen LogP contribution is 2.18. The van der Waals surface area contributed by atoms with Gasteiger partial charge in [0.25, 0.3) is 11.5 Å². The lowest BCUT2D eigenvalue weighted by Gasteiger charge is -2.18. The molecule has 1 N–H and O–H groups in total. The fourth-order valence-corrected chi connectivity index (χ4v) is 2.52. The van der Waals surface area contributed by atoms with E-state index in [-0.39, 0.29) is 11.1 Å². The number of nitrogens with zero attached hydrogens (tertiary/aromatic N) is 2. The molecule has 0 atom stereocenters. The number of aryl methyl sites for hydroxylation is 2. The summed E-state index contributed by atoms with van der Waals surface area (Å²) in [4.78, 5) is 35.2. The van der Waals surface area contributed by atoms with Gasteiger partial charge in [0.15, 0.2) is 4.96 Å². The van der Waals surface area contributed by atoms with Crippen LogP contribution < -0.4 is 11.0 Å². The molecule has 20 heavy (non-hydrogen) atoms. The Labute approximate surface area is 120 Å². The lowest BCUT2D eigenvalue weighted by Crippen LogP contribution is -2.37. The predicted octanol–water partition coefficient (Wildman–Crippen LogP) is 1.83. The molecular weight excluding hydrogens is 278 g/mol. The number of fused-ring (bicyclic) bond motifs is 1. The summed E-state index contributed by atoms with van der Waals surface area (Å²) in [7, 11) is 0. The largest absolute Gasteiger partial charge is 0.282 e. The van der Waals surface area contributed by atoms with Crippen LogP contribution in [0.25, 0.3) is 4.96 Å². The van der Waals surface area contributed by atoms with Crippen LogP contribution in [0.2, 0.25) is 0 Å². The Morgan fingerprint density at radius 3 is 2.65 bits per heavy atom. The first-order valence-electron chi connectivity index (χ1n) is 6.17. The predicted molar refractivity (Wildman–Crippen MR) is 77.1 cm³/mol. The molecule has 6 nitrogen and oxygen atoms in total. The summed E-state index contributed by atoms with van der Waals surface area (Å²) in [6, 6.07) is 0. The number of amides is 1. The van der Waals surface area contributed by atoms with E-state index >= 15 is 0 Å². The summed E-state index contributed by atoms with van der Waals surface area (Å²) in [5, 5.41) is 0. The minimum absolute atomic E-state index is 0.0346. The van der Waals surface area contributed by atoms with E-state index in [9.17, 15) is 9.59 Å². The molecule has 2 aromatic heterocycles. The first kappa shape index (κ1) is 14.7. The van der Waals surface area contributed by atoms with Gasteiger partial charge in [0.1, 0.15) is 5.56 Å². The van der Waals surface area contributed by atoms with E-state index in [1.54, 1.807) is 20.8 Å². The second-order valence-electron chi connectivity index (χ2n) is 5.48. The van der Waals surface area contributed by atoms with E-state index in [2.05, 4.69) is 10.5 Å². The Hall–Kier alpha value is -1.73. The number of hydrogen-bond acceptors (Lipinski definition) is 5. The third-order valence-electron chi connectivity index (χ3n) is 2.71. The molecule has 2 rings (SSSR count). The Balaban J connectivity index is 2.41. The fraction of sp³-hybridized carbons (Fsp3) is 0.462. The summed E-state index contributed by atoms with van der Waals surface area (Å²) in [6.07, 6.45) is 1.29. The highest BCUT2D eigenvalue weighted by Gasteiger charge is 2.19. The highest BCUT2D eigenvalue weighted by molar-refractivity contribution is 7.17. The summed E-state index contributed by atoms with van der Waals surface area (Å²) < 4.78 is 1.45. The van der Waals surface area contributed by atoms with Crippen LogP contribution in [0.15, 0.2) is 11.0 Å². The molecule has 0 saturated carbocycles. The molecule has 0 spiro atoms. The van der Waals surface area contributed by atoms with Crippen molar-refractivity contribution in [3.05, 3.63) is 32.7 Å². The van der Waals surface area contributed by atoms with Crippen LogP contribution in [-0.4, -0.2) is 20.9 Å². The number of thiazole rings is 1. The van der Waals surface area contributed by atoms with Crippen LogP contribution in [-0.2, 0) is 4.84 Å². The molecule has 108 valence electrons. The van der Waals surface area contributed by atoms with Gasteiger partial charge in [-0.3, -0.25) is 18.8 Å². The number of rotatable bonds is 2. The normalized spacial score (nSPS) is 11.8. The molecule has 0 aromatic carbocycles. The van der Waals surface area contributed by atoms with Crippen LogP contribution in [0, 0.1) is 13.8 Å². The maximum absolute atomic E-state index is 12.3. The van der Waals surface area contributed by atoms with Gasteiger partial charge in [-0.1, -0.05) is 0 Å². The maximum atomic E-state index is 12.3. The molecule has 0 aliphatic rings. The highest BCUT2D eigenvalue weighted by atomic mass is 32.1. The van der Waals surface area contributed by atoms with Gasteiger partial charge in [-0.25, -0.2) is 10.5 Å². The number of nitrogens with one attached hydrogen (secondary N) is 1.